The van der Waals surface area contributed by atoms with Gasteiger partial charge in [0.25, 0.3) is 0 Å². The Morgan fingerprint density at radius 3 is 2.47 bits per heavy atom. The fraction of sp³-hybridized carbons (Fsp3) is 0.786. The molecule has 0 bridgehead atoms. The molecular formula is C14H23N3S2. The van der Waals surface area contributed by atoms with Gasteiger partial charge in [-0.05, 0) is 48.9 Å². The second-order valence-electron chi connectivity index (χ2n) is 5.95. The normalized spacial score (nSPS) is 22.9. The standard InChI is InChI=1S/C14H23N3S2/c1-18-11-12(15)16-19-13(11)17-9-7-14(8-10-17)5-3-2-4-6-14/h2-10H2,1H3,(H2,15,16). The zero-order valence-corrected chi connectivity index (χ0v) is 13.3. The Bertz CT molecular complexity index is 428. The van der Waals surface area contributed by atoms with Crippen molar-refractivity contribution >= 4 is 34.1 Å². The summed E-state index contributed by atoms with van der Waals surface area (Å²) in [5.74, 6) is 0.713. The summed E-state index contributed by atoms with van der Waals surface area (Å²) >= 11 is 3.30. The number of nitrogen functional groups attached to an aromatic ring is 1. The third-order valence-corrected chi connectivity index (χ3v) is 6.75. The molecule has 1 aromatic rings. The van der Waals surface area contributed by atoms with Gasteiger partial charge in [-0.2, -0.15) is 4.37 Å². The highest BCUT2D eigenvalue weighted by molar-refractivity contribution is 7.99. The first-order valence-corrected chi connectivity index (χ1v) is 9.28. The van der Waals surface area contributed by atoms with Crippen LogP contribution in [0.4, 0.5) is 10.8 Å². The molecule has 3 nitrogen and oxygen atoms in total. The summed E-state index contributed by atoms with van der Waals surface area (Å²) in [6.07, 6.45) is 12.1. The van der Waals surface area contributed by atoms with Crippen LogP contribution in [0.5, 0.6) is 0 Å². The molecule has 106 valence electrons. The maximum absolute atomic E-state index is 5.95. The van der Waals surface area contributed by atoms with E-state index < -0.39 is 0 Å². The molecule has 0 aromatic carbocycles. The summed E-state index contributed by atoms with van der Waals surface area (Å²) in [6, 6.07) is 0. The quantitative estimate of drug-likeness (QED) is 0.838. The van der Waals surface area contributed by atoms with Crippen LogP contribution >= 0.6 is 23.3 Å². The van der Waals surface area contributed by atoms with E-state index in [4.69, 9.17) is 5.73 Å². The van der Waals surface area contributed by atoms with E-state index in [2.05, 4.69) is 15.5 Å². The highest BCUT2D eigenvalue weighted by Gasteiger charge is 2.36. The molecule has 1 saturated heterocycles. The minimum atomic E-state index is 0.671. The Kier molecular flexibility index (Phi) is 3.94. The molecule has 2 N–H and O–H groups in total. The smallest absolute Gasteiger partial charge is 0.153 e. The fourth-order valence-corrected chi connectivity index (χ4v) is 5.40. The number of thioether (sulfide) groups is 1. The average Bonchev–Trinajstić information content (AvgIpc) is 2.82. The number of anilines is 2. The lowest BCUT2D eigenvalue weighted by Gasteiger charge is -2.44. The summed E-state index contributed by atoms with van der Waals surface area (Å²) in [6.45, 7) is 2.38. The van der Waals surface area contributed by atoms with Gasteiger partial charge in [-0.3, -0.25) is 0 Å². The van der Waals surface area contributed by atoms with Gasteiger partial charge >= 0.3 is 0 Å². The van der Waals surface area contributed by atoms with E-state index in [0.29, 0.717) is 11.2 Å². The Balaban J connectivity index is 1.69. The molecule has 2 heterocycles. The molecule has 1 saturated carbocycles. The molecule has 2 fully saturated rings. The number of rotatable bonds is 2. The third-order valence-electron chi connectivity index (χ3n) is 4.89. The molecule has 19 heavy (non-hydrogen) atoms. The number of piperidine rings is 1. The Morgan fingerprint density at radius 2 is 1.84 bits per heavy atom. The van der Waals surface area contributed by atoms with Crippen LogP contribution in [0.2, 0.25) is 0 Å². The molecule has 1 aliphatic heterocycles. The van der Waals surface area contributed by atoms with Gasteiger partial charge in [-0.15, -0.1) is 11.8 Å². The van der Waals surface area contributed by atoms with Crippen molar-refractivity contribution < 1.29 is 0 Å². The molecule has 3 rings (SSSR count). The van der Waals surface area contributed by atoms with E-state index in [1.807, 2.05) is 0 Å². The topological polar surface area (TPSA) is 42.1 Å². The van der Waals surface area contributed by atoms with Crippen LogP contribution in [0.3, 0.4) is 0 Å². The first-order valence-electron chi connectivity index (χ1n) is 7.28. The largest absolute Gasteiger partial charge is 0.382 e. The number of nitrogens with two attached hydrogens (primary N) is 1. The first-order chi connectivity index (χ1) is 9.24. The van der Waals surface area contributed by atoms with Crippen LogP contribution in [0.15, 0.2) is 4.90 Å². The predicted octanol–water partition coefficient (Wildman–Crippen LogP) is 4.00. The van der Waals surface area contributed by atoms with Gasteiger partial charge in [0.05, 0.1) is 4.90 Å². The van der Waals surface area contributed by atoms with Crippen molar-refractivity contribution in [3.8, 4) is 0 Å². The van der Waals surface area contributed by atoms with Gasteiger partial charge in [-0.1, -0.05) is 19.3 Å². The Hall–Kier alpha value is -0.420. The minimum absolute atomic E-state index is 0.671. The maximum atomic E-state index is 5.95. The van der Waals surface area contributed by atoms with Crippen molar-refractivity contribution in [1.82, 2.24) is 4.37 Å². The average molecular weight is 297 g/mol. The van der Waals surface area contributed by atoms with E-state index in [9.17, 15) is 0 Å². The van der Waals surface area contributed by atoms with Crippen LogP contribution in [0.25, 0.3) is 0 Å². The predicted molar refractivity (Wildman–Crippen MR) is 85.3 cm³/mol. The van der Waals surface area contributed by atoms with E-state index in [1.54, 1.807) is 23.3 Å². The highest BCUT2D eigenvalue weighted by atomic mass is 32.2. The van der Waals surface area contributed by atoms with Gasteiger partial charge in [0.15, 0.2) is 5.82 Å². The molecule has 5 heteroatoms. The summed E-state index contributed by atoms with van der Waals surface area (Å²) < 4.78 is 4.32. The van der Waals surface area contributed by atoms with E-state index in [-0.39, 0.29) is 0 Å². The molecule has 0 unspecified atom stereocenters. The molecule has 0 amide bonds. The molecule has 0 atom stereocenters. The number of aromatic nitrogens is 1. The molecule has 1 spiro atoms. The van der Waals surface area contributed by atoms with Crippen LogP contribution in [0, 0.1) is 5.41 Å². The summed E-state index contributed by atoms with van der Waals surface area (Å²) in [5.41, 5.74) is 6.62. The highest BCUT2D eigenvalue weighted by Crippen LogP contribution is 2.47. The summed E-state index contributed by atoms with van der Waals surface area (Å²) in [5, 5.41) is 1.30. The van der Waals surface area contributed by atoms with Crippen LogP contribution in [-0.4, -0.2) is 23.7 Å². The third kappa shape index (κ3) is 2.59. The van der Waals surface area contributed by atoms with Gasteiger partial charge < -0.3 is 10.6 Å². The van der Waals surface area contributed by atoms with Crippen molar-refractivity contribution in [2.45, 2.75) is 49.8 Å². The van der Waals surface area contributed by atoms with Gasteiger partial charge in [0.1, 0.15) is 5.00 Å². The Morgan fingerprint density at radius 1 is 1.16 bits per heavy atom. The van der Waals surface area contributed by atoms with Crippen molar-refractivity contribution in [3.63, 3.8) is 0 Å². The molecule has 1 aromatic heterocycles. The lowest BCUT2D eigenvalue weighted by Crippen LogP contribution is -2.41. The summed E-state index contributed by atoms with van der Waals surface area (Å²) in [4.78, 5) is 3.70. The second kappa shape index (κ2) is 5.52. The molecule has 0 radical (unpaired) electrons. The Labute approximate surface area is 124 Å². The molecule has 1 aliphatic carbocycles. The van der Waals surface area contributed by atoms with Crippen molar-refractivity contribution in [1.29, 1.82) is 0 Å². The van der Waals surface area contributed by atoms with Gasteiger partial charge in [0.2, 0.25) is 0 Å². The number of hydrogen-bond acceptors (Lipinski definition) is 5. The van der Waals surface area contributed by atoms with Crippen molar-refractivity contribution in [2.24, 2.45) is 5.41 Å². The van der Waals surface area contributed by atoms with Crippen LogP contribution in [-0.2, 0) is 0 Å². The van der Waals surface area contributed by atoms with Crippen LogP contribution < -0.4 is 10.6 Å². The lowest BCUT2D eigenvalue weighted by atomic mass is 9.68. The van der Waals surface area contributed by atoms with Gasteiger partial charge in [-0.25, -0.2) is 0 Å². The maximum Gasteiger partial charge on any atom is 0.153 e. The van der Waals surface area contributed by atoms with E-state index in [1.165, 1.54) is 67.9 Å². The zero-order chi connectivity index (χ0) is 13.3. The fourth-order valence-electron chi connectivity index (χ4n) is 3.66. The van der Waals surface area contributed by atoms with E-state index in [0.717, 1.165) is 0 Å². The summed E-state index contributed by atoms with van der Waals surface area (Å²) in [7, 11) is 0. The molecular weight excluding hydrogens is 274 g/mol. The number of nitrogens with zero attached hydrogens (tertiary/aromatic N) is 2. The zero-order valence-electron chi connectivity index (χ0n) is 11.7. The minimum Gasteiger partial charge on any atom is -0.382 e. The first kappa shape index (κ1) is 13.6. The van der Waals surface area contributed by atoms with Crippen LogP contribution in [0.1, 0.15) is 44.9 Å². The van der Waals surface area contributed by atoms with E-state index >= 15 is 0 Å². The number of hydrogen-bond donors (Lipinski definition) is 1. The lowest BCUT2D eigenvalue weighted by molar-refractivity contribution is 0.144. The monoisotopic (exact) mass is 297 g/mol. The molecule has 2 aliphatic rings. The second-order valence-corrected chi connectivity index (χ2v) is 7.52. The van der Waals surface area contributed by atoms with Gasteiger partial charge in [0, 0.05) is 13.1 Å². The van der Waals surface area contributed by atoms with Crippen molar-refractivity contribution in [3.05, 3.63) is 0 Å². The van der Waals surface area contributed by atoms with Crippen molar-refractivity contribution in [2.75, 3.05) is 30.0 Å². The SMILES string of the molecule is CSc1c(N)nsc1N1CCC2(CCCCC2)CC1.